The van der Waals surface area contributed by atoms with Crippen LogP contribution in [0.2, 0.25) is 5.02 Å². The summed E-state index contributed by atoms with van der Waals surface area (Å²) in [6.45, 7) is 0. The van der Waals surface area contributed by atoms with Crippen LogP contribution in [0.4, 0.5) is 11.4 Å². The van der Waals surface area contributed by atoms with E-state index < -0.39 is 4.92 Å². The Bertz CT molecular complexity index is 906. The second-order valence-electron chi connectivity index (χ2n) is 4.40. The van der Waals surface area contributed by atoms with Gasteiger partial charge in [0.2, 0.25) is 5.52 Å². The summed E-state index contributed by atoms with van der Waals surface area (Å²) in [5.74, 6) is 0.111. The number of halogens is 1. The zero-order valence-electron chi connectivity index (χ0n) is 11.3. The summed E-state index contributed by atoms with van der Waals surface area (Å²) in [5.41, 5.74) is 2.62. The number of amidine groups is 1. The third-order valence-electron chi connectivity index (χ3n) is 3.03. The molecule has 1 aromatic heterocycles. The fourth-order valence-electron chi connectivity index (χ4n) is 1.96. The molecule has 0 bridgehead atoms. The minimum absolute atomic E-state index is 0.0235. The first-order valence-electron chi connectivity index (χ1n) is 6.24. The van der Waals surface area contributed by atoms with Crippen LogP contribution in [-0.4, -0.2) is 26.3 Å². The number of aliphatic imine (C=N–C) groups is 1. The van der Waals surface area contributed by atoms with Gasteiger partial charge in [0.05, 0.1) is 10.6 Å². The van der Waals surface area contributed by atoms with Gasteiger partial charge in [-0.25, -0.2) is 9.62 Å². The van der Waals surface area contributed by atoms with Crippen LogP contribution in [0.5, 0.6) is 0 Å². The molecule has 0 radical (unpaired) electrons. The predicted molar refractivity (Wildman–Crippen MR) is 81.0 cm³/mol. The van der Waals surface area contributed by atoms with Gasteiger partial charge in [-0.15, -0.1) is 0 Å². The molecule has 0 spiro atoms. The van der Waals surface area contributed by atoms with Gasteiger partial charge in [0.25, 0.3) is 0 Å². The Morgan fingerprint density at radius 1 is 1.22 bits per heavy atom. The number of non-ortho nitro benzene ring substituents is 1. The van der Waals surface area contributed by atoms with Crippen molar-refractivity contribution in [3.63, 3.8) is 0 Å². The zero-order chi connectivity index (χ0) is 16.4. The topological polar surface area (TPSA) is 127 Å². The van der Waals surface area contributed by atoms with E-state index in [0.717, 1.165) is 0 Å². The van der Waals surface area contributed by atoms with Gasteiger partial charge in [-0.1, -0.05) is 11.6 Å². The molecule has 2 aromatic carbocycles. The summed E-state index contributed by atoms with van der Waals surface area (Å²) < 4.78 is 4.56. The largest absolute Gasteiger partial charge is 0.300 e. The molecular weight excluding hydrogens is 326 g/mol. The second-order valence-corrected chi connectivity index (χ2v) is 4.84. The molecule has 3 rings (SSSR count). The Labute approximate surface area is 133 Å². The molecule has 3 aromatic rings. The van der Waals surface area contributed by atoms with Gasteiger partial charge in [-0.2, -0.15) is 0 Å². The normalized spacial score (nSPS) is 11.7. The Balaban J connectivity index is 2.12. The maximum atomic E-state index is 11.0. The fourth-order valence-corrected chi connectivity index (χ4v) is 2.09. The van der Waals surface area contributed by atoms with Crippen molar-refractivity contribution >= 4 is 39.8 Å². The summed E-state index contributed by atoms with van der Waals surface area (Å²) in [7, 11) is 0. The Hall–Kier alpha value is -3.04. The molecule has 0 fully saturated rings. The van der Waals surface area contributed by atoms with Gasteiger partial charge in [0.15, 0.2) is 11.4 Å². The van der Waals surface area contributed by atoms with E-state index in [0.29, 0.717) is 10.6 Å². The van der Waals surface area contributed by atoms with Crippen molar-refractivity contribution in [2.75, 3.05) is 0 Å². The van der Waals surface area contributed by atoms with E-state index in [9.17, 15) is 15.3 Å². The molecule has 0 aliphatic carbocycles. The average Bonchev–Trinajstić information content (AvgIpc) is 3.03. The number of fused-ring (bicyclic) bond motifs is 1. The van der Waals surface area contributed by atoms with Crippen molar-refractivity contribution < 1.29 is 14.8 Å². The van der Waals surface area contributed by atoms with Gasteiger partial charge >= 0.3 is 5.69 Å². The number of nitrogens with zero attached hydrogens (tertiary/aromatic N) is 4. The lowest BCUT2D eigenvalue weighted by molar-refractivity contribution is -0.383. The molecule has 1 heterocycles. The minimum Gasteiger partial charge on any atom is -0.290 e. The summed E-state index contributed by atoms with van der Waals surface area (Å²) >= 11 is 5.81. The first-order valence-corrected chi connectivity index (χ1v) is 6.62. The van der Waals surface area contributed by atoms with E-state index in [4.69, 9.17) is 11.6 Å². The molecule has 0 aliphatic rings. The van der Waals surface area contributed by atoms with Gasteiger partial charge < -0.3 is 0 Å². The van der Waals surface area contributed by atoms with Crippen LogP contribution in [0, 0.1) is 10.1 Å². The van der Waals surface area contributed by atoms with Gasteiger partial charge in [0, 0.05) is 16.7 Å². The highest BCUT2D eigenvalue weighted by Crippen LogP contribution is 2.30. The first kappa shape index (κ1) is 14.9. The number of rotatable bonds is 3. The van der Waals surface area contributed by atoms with E-state index >= 15 is 0 Å². The van der Waals surface area contributed by atoms with Crippen molar-refractivity contribution in [2.45, 2.75) is 0 Å². The smallest absolute Gasteiger partial charge is 0.290 e. The number of nitro benzene ring substituents is 1. The van der Waals surface area contributed by atoms with Crippen molar-refractivity contribution in [2.24, 2.45) is 4.99 Å². The van der Waals surface area contributed by atoms with E-state index in [1.165, 1.54) is 12.1 Å². The molecule has 0 saturated heterocycles. The van der Waals surface area contributed by atoms with E-state index in [1.54, 1.807) is 24.3 Å². The van der Waals surface area contributed by atoms with E-state index in [-0.39, 0.29) is 28.2 Å². The van der Waals surface area contributed by atoms with Crippen molar-refractivity contribution in [3.8, 4) is 0 Å². The third kappa shape index (κ3) is 2.82. The Morgan fingerprint density at radius 2 is 1.91 bits per heavy atom. The highest BCUT2D eigenvalue weighted by Gasteiger charge is 2.19. The Morgan fingerprint density at radius 3 is 2.57 bits per heavy atom. The lowest BCUT2D eigenvalue weighted by Gasteiger charge is -2.05. The molecule has 0 aliphatic heterocycles. The maximum absolute atomic E-state index is 11.0. The van der Waals surface area contributed by atoms with Crippen LogP contribution in [-0.2, 0) is 0 Å². The van der Waals surface area contributed by atoms with E-state index in [2.05, 4.69) is 19.9 Å². The Kier molecular flexibility index (Phi) is 3.87. The highest BCUT2D eigenvalue weighted by atomic mass is 35.5. The van der Waals surface area contributed by atoms with Crippen LogP contribution in [0.25, 0.3) is 11.0 Å². The standard InChI is InChI=1S/C13H8ClN5O4/c14-8-3-1-7(2-4-8)13(16-20)15-9-5-6-10(19(21)22)12-11(9)17-23-18-12/h1-6,20H,(H,15,16). The monoisotopic (exact) mass is 333 g/mol. The van der Waals surface area contributed by atoms with Crippen molar-refractivity contribution in [3.05, 3.63) is 57.1 Å². The number of hydroxylamine groups is 1. The number of nitrogens with one attached hydrogen (secondary N) is 1. The number of aromatic nitrogens is 2. The number of hydrogen-bond acceptors (Lipinski definition) is 7. The number of benzene rings is 2. The van der Waals surface area contributed by atoms with Crippen LogP contribution in [0.1, 0.15) is 5.56 Å². The van der Waals surface area contributed by atoms with Gasteiger partial charge in [-0.05, 0) is 40.6 Å². The lowest BCUT2D eigenvalue weighted by atomic mass is 10.2. The summed E-state index contributed by atoms with van der Waals surface area (Å²) in [5, 5.41) is 27.9. The molecule has 0 unspecified atom stereocenters. The second kappa shape index (κ2) is 5.99. The fraction of sp³-hybridized carbons (Fsp3) is 0. The third-order valence-corrected chi connectivity index (χ3v) is 3.28. The summed E-state index contributed by atoms with van der Waals surface area (Å²) in [4.78, 5) is 14.6. The summed E-state index contributed by atoms with van der Waals surface area (Å²) in [6.07, 6.45) is 0. The molecule has 23 heavy (non-hydrogen) atoms. The molecule has 0 atom stereocenters. The van der Waals surface area contributed by atoms with Crippen LogP contribution < -0.4 is 5.48 Å². The van der Waals surface area contributed by atoms with Crippen molar-refractivity contribution in [1.29, 1.82) is 0 Å². The summed E-state index contributed by atoms with van der Waals surface area (Å²) in [6, 6.07) is 9.18. The molecular formula is C13H8ClN5O4. The SMILES string of the molecule is O=[N+]([O-])c1ccc(N=C(NO)c2ccc(Cl)cc2)c2nonc12. The predicted octanol–water partition coefficient (Wildman–Crippen LogP) is 2.84. The lowest BCUT2D eigenvalue weighted by Crippen LogP contribution is -2.19. The van der Waals surface area contributed by atoms with Crippen molar-refractivity contribution in [1.82, 2.24) is 15.8 Å². The van der Waals surface area contributed by atoms with Gasteiger partial charge in [0.1, 0.15) is 0 Å². The first-order chi connectivity index (χ1) is 11.1. The highest BCUT2D eigenvalue weighted by molar-refractivity contribution is 6.30. The number of nitro groups is 1. The zero-order valence-corrected chi connectivity index (χ0v) is 12.1. The molecule has 116 valence electrons. The van der Waals surface area contributed by atoms with Crippen LogP contribution in [0.3, 0.4) is 0 Å². The van der Waals surface area contributed by atoms with Gasteiger partial charge in [-0.3, -0.25) is 20.8 Å². The van der Waals surface area contributed by atoms with Crippen LogP contribution in [0.15, 0.2) is 46.0 Å². The van der Waals surface area contributed by atoms with Crippen LogP contribution >= 0.6 is 11.6 Å². The maximum Gasteiger partial charge on any atom is 0.300 e. The minimum atomic E-state index is -0.593. The molecule has 10 heteroatoms. The van der Waals surface area contributed by atoms with E-state index in [1.807, 2.05) is 5.48 Å². The average molecular weight is 334 g/mol. The molecule has 2 N–H and O–H groups in total. The molecule has 0 amide bonds. The number of hydrogen-bond donors (Lipinski definition) is 2. The quantitative estimate of drug-likeness (QED) is 0.326. The molecule has 0 saturated carbocycles. The molecule has 9 nitrogen and oxygen atoms in total.